The SMILES string of the molecule is CCC(=O)NCc1cc2c(=O)[nH]cnc2s1. The van der Waals surface area contributed by atoms with Gasteiger partial charge in [0.2, 0.25) is 5.91 Å². The molecular formula is C10H11N3O2S. The Hall–Kier alpha value is -1.69. The van der Waals surface area contributed by atoms with E-state index in [2.05, 4.69) is 15.3 Å². The van der Waals surface area contributed by atoms with E-state index in [1.807, 2.05) is 0 Å². The lowest BCUT2D eigenvalue weighted by atomic mass is 10.3. The van der Waals surface area contributed by atoms with Gasteiger partial charge in [-0.05, 0) is 6.07 Å². The van der Waals surface area contributed by atoms with Gasteiger partial charge < -0.3 is 10.3 Å². The Morgan fingerprint density at radius 1 is 1.62 bits per heavy atom. The van der Waals surface area contributed by atoms with Crippen molar-refractivity contribution < 1.29 is 4.79 Å². The first-order valence-electron chi connectivity index (χ1n) is 4.93. The van der Waals surface area contributed by atoms with Crippen molar-refractivity contribution in [2.75, 3.05) is 0 Å². The van der Waals surface area contributed by atoms with Crippen LogP contribution in [-0.4, -0.2) is 15.9 Å². The minimum atomic E-state index is -0.144. The standard InChI is InChI=1S/C10H11N3O2S/c1-2-8(14)11-4-6-3-7-9(15)12-5-13-10(7)16-6/h3,5H,2,4H2,1H3,(H,11,14)(H,12,13,15). The van der Waals surface area contributed by atoms with Crippen molar-refractivity contribution in [3.63, 3.8) is 0 Å². The van der Waals surface area contributed by atoms with E-state index in [0.717, 1.165) is 4.88 Å². The molecule has 0 aromatic carbocycles. The maximum atomic E-state index is 11.4. The molecule has 0 radical (unpaired) electrons. The van der Waals surface area contributed by atoms with Crippen LogP contribution in [0.4, 0.5) is 0 Å². The van der Waals surface area contributed by atoms with E-state index in [1.54, 1.807) is 13.0 Å². The molecule has 0 unspecified atom stereocenters. The average Bonchev–Trinajstić information content (AvgIpc) is 2.70. The Kier molecular flexibility index (Phi) is 3.00. The molecule has 6 heteroatoms. The average molecular weight is 237 g/mol. The van der Waals surface area contributed by atoms with E-state index in [-0.39, 0.29) is 11.5 Å². The van der Waals surface area contributed by atoms with Gasteiger partial charge in [-0.3, -0.25) is 9.59 Å². The number of fused-ring (bicyclic) bond motifs is 1. The first-order chi connectivity index (χ1) is 7.70. The highest BCUT2D eigenvalue weighted by Gasteiger charge is 2.06. The van der Waals surface area contributed by atoms with Crippen LogP contribution in [0.5, 0.6) is 0 Å². The van der Waals surface area contributed by atoms with Crippen LogP contribution in [0.1, 0.15) is 18.2 Å². The largest absolute Gasteiger partial charge is 0.351 e. The zero-order chi connectivity index (χ0) is 11.5. The summed E-state index contributed by atoms with van der Waals surface area (Å²) in [7, 11) is 0. The topological polar surface area (TPSA) is 74.8 Å². The summed E-state index contributed by atoms with van der Waals surface area (Å²) in [5, 5.41) is 3.34. The van der Waals surface area contributed by atoms with Crippen LogP contribution >= 0.6 is 11.3 Å². The molecule has 5 nitrogen and oxygen atoms in total. The van der Waals surface area contributed by atoms with Crippen molar-refractivity contribution in [1.82, 2.24) is 15.3 Å². The Balaban J connectivity index is 2.23. The maximum Gasteiger partial charge on any atom is 0.259 e. The number of thiophene rings is 1. The van der Waals surface area contributed by atoms with Crippen LogP contribution in [0, 0.1) is 0 Å². The highest BCUT2D eigenvalue weighted by Crippen LogP contribution is 2.19. The van der Waals surface area contributed by atoms with Gasteiger partial charge in [0.25, 0.3) is 5.56 Å². The first kappa shape index (κ1) is 10.8. The lowest BCUT2D eigenvalue weighted by molar-refractivity contribution is -0.120. The molecule has 84 valence electrons. The van der Waals surface area contributed by atoms with Gasteiger partial charge in [-0.2, -0.15) is 0 Å². The van der Waals surface area contributed by atoms with Crippen molar-refractivity contribution >= 4 is 27.5 Å². The molecule has 0 atom stereocenters. The van der Waals surface area contributed by atoms with E-state index < -0.39 is 0 Å². The summed E-state index contributed by atoms with van der Waals surface area (Å²) < 4.78 is 0. The highest BCUT2D eigenvalue weighted by molar-refractivity contribution is 7.18. The number of rotatable bonds is 3. The number of nitrogens with zero attached hydrogens (tertiary/aromatic N) is 1. The summed E-state index contributed by atoms with van der Waals surface area (Å²) in [4.78, 5) is 30.7. The minimum Gasteiger partial charge on any atom is -0.351 e. The number of amides is 1. The molecule has 0 aliphatic carbocycles. The van der Waals surface area contributed by atoms with Gasteiger partial charge in [-0.1, -0.05) is 6.92 Å². The lowest BCUT2D eigenvalue weighted by Gasteiger charge is -1.98. The molecule has 2 heterocycles. The fourth-order valence-corrected chi connectivity index (χ4v) is 2.25. The second-order valence-electron chi connectivity index (χ2n) is 3.29. The molecule has 0 spiro atoms. The third-order valence-electron chi connectivity index (χ3n) is 2.17. The summed E-state index contributed by atoms with van der Waals surface area (Å²) in [6, 6.07) is 1.77. The summed E-state index contributed by atoms with van der Waals surface area (Å²) in [5.41, 5.74) is -0.144. The second-order valence-corrected chi connectivity index (χ2v) is 4.41. The molecule has 2 aromatic rings. The molecule has 1 amide bonds. The molecular weight excluding hydrogens is 226 g/mol. The molecule has 2 N–H and O–H groups in total. The molecule has 0 bridgehead atoms. The highest BCUT2D eigenvalue weighted by atomic mass is 32.1. The summed E-state index contributed by atoms with van der Waals surface area (Å²) in [5.74, 6) is -0.000625. The zero-order valence-corrected chi connectivity index (χ0v) is 9.56. The third kappa shape index (κ3) is 2.11. The third-order valence-corrected chi connectivity index (χ3v) is 3.21. The fourth-order valence-electron chi connectivity index (χ4n) is 1.31. The number of aromatic nitrogens is 2. The molecule has 0 saturated carbocycles. The van der Waals surface area contributed by atoms with Crippen molar-refractivity contribution in [3.8, 4) is 0 Å². The van der Waals surface area contributed by atoms with Crippen LogP contribution in [0.3, 0.4) is 0 Å². The van der Waals surface area contributed by atoms with E-state index in [9.17, 15) is 9.59 Å². The smallest absolute Gasteiger partial charge is 0.259 e. The van der Waals surface area contributed by atoms with Gasteiger partial charge >= 0.3 is 0 Å². The zero-order valence-electron chi connectivity index (χ0n) is 8.74. The predicted octanol–water partition coefficient (Wildman–Crippen LogP) is 1.01. The molecule has 16 heavy (non-hydrogen) atoms. The molecule has 0 saturated heterocycles. The van der Waals surface area contributed by atoms with Crippen molar-refractivity contribution in [2.45, 2.75) is 19.9 Å². The molecule has 2 aromatic heterocycles. The first-order valence-corrected chi connectivity index (χ1v) is 5.75. The molecule has 0 aliphatic heterocycles. The summed E-state index contributed by atoms with van der Waals surface area (Å²) >= 11 is 1.42. The van der Waals surface area contributed by atoms with Gasteiger partial charge in [0.15, 0.2) is 0 Å². The molecule has 2 rings (SSSR count). The number of H-pyrrole nitrogens is 1. The van der Waals surface area contributed by atoms with Gasteiger partial charge in [0.05, 0.1) is 18.3 Å². The van der Waals surface area contributed by atoms with Crippen LogP contribution in [0.25, 0.3) is 10.2 Å². The predicted molar refractivity (Wildman–Crippen MR) is 62.4 cm³/mol. The minimum absolute atomic E-state index is 0.000625. The number of hydrogen-bond acceptors (Lipinski definition) is 4. The number of carbonyl (C=O) groups is 1. The van der Waals surface area contributed by atoms with Gasteiger partial charge in [0, 0.05) is 11.3 Å². The van der Waals surface area contributed by atoms with E-state index in [4.69, 9.17) is 0 Å². The summed E-state index contributed by atoms with van der Waals surface area (Å²) in [6.07, 6.45) is 1.85. The number of aromatic amines is 1. The molecule has 0 fully saturated rings. The number of nitrogens with one attached hydrogen (secondary N) is 2. The van der Waals surface area contributed by atoms with Crippen LogP contribution in [0.15, 0.2) is 17.2 Å². The van der Waals surface area contributed by atoms with Crippen LogP contribution in [0.2, 0.25) is 0 Å². The second kappa shape index (κ2) is 4.44. The van der Waals surface area contributed by atoms with Gasteiger partial charge in [-0.15, -0.1) is 11.3 Å². The lowest BCUT2D eigenvalue weighted by Crippen LogP contribution is -2.20. The van der Waals surface area contributed by atoms with Gasteiger partial charge in [0.1, 0.15) is 4.83 Å². The van der Waals surface area contributed by atoms with Crippen LogP contribution < -0.4 is 10.9 Å². The number of hydrogen-bond donors (Lipinski definition) is 2. The summed E-state index contributed by atoms with van der Waals surface area (Å²) in [6.45, 7) is 2.25. The van der Waals surface area contributed by atoms with Crippen molar-refractivity contribution in [2.24, 2.45) is 0 Å². The maximum absolute atomic E-state index is 11.4. The molecule has 0 aliphatic rings. The Morgan fingerprint density at radius 2 is 2.44 bits per heavy atom. The Morgan fingerprint density at radius 3 is 3.12 bits per heavy atom. The Labute approximate surface area is 95.5 Å². The van der Waals surface area contributed by atoms with Crippen molar-refractivity contribution in [1.29, 1.82) is 0 Å². The Bertz CT molecular complexity index is 573. The number of carbonyl (C=O) groups excluding carboxylic acids is 1. The van der Waals surface area contributed by atoms with Crippen LogP contribution in [-0.2, 0) is 11.3 Å². The van der Waals surface area contributed by atoms with Gasteiger partial charge in [-0.25, -0.2) is 4.98 Å². The normalized spacial score (nSPS) is 10.6. The quantitative estimate of drug-likeness (QED) is 0.836. The monoisotopic (exact) mass is 237 g/mol. The van der Waals surface area contributed by atoms with E-state index in [1.165, 1.54) is 17.7 Å². The van der Waals surface area contributed by atoms with E-state index >= 15 is 0 Å². The fraction of sp³-hybridized carbons (Fsp3) is 0.300. The van der Waals surface area contributed by atoms with Crippen molar-refractivity contribution in [3.05, 3.63) is 27.6 Å². The van der Waals surface area contributed by atoms with E-state index in [0.29, 0.717) is 23.2 Å².